The second kappa shape index (κ2) is 9.47. The first-order valence-electron chi connectivity index (χ1n) is 9.54. The predicted octanol–water partition coefficient (Wildman–Crippen LogP) is 1.38. The Kier molecular flexibility index (Phi) is 7.27. The molecule has 0 bridgehead atoms. The lowest BCUT2D eigenvalue weighted by Crippen LogP contribution is -2.53. The highest BCUT2D eigenvalue weighted by Crippen LogP contribution is 2.24. The van der Waals surface area contributed by atoms with Gasteiger partial charge in [0.1, 0.15) is 0 Å². The van der Waals surface area contributed by atoms with Crippen LogP contribution < -0.4 is 5.32 Å². The molecule has 2 fully saturated rings. The third-order valence-electron chi connectivity index (χ3n) is 5.46. The molecule has 1 N–H and O–H groups in total. The summed E-state index contributed by atoms with van der Waals surface area (Å²) < 4.78 is 30.6. The normalized spacial score (nSPS) is 20.8. The first-order valence-corrected chi connectivity index (χ1v) is 12.3. The second-order valence-electron chi connectivity index (χ2n) is 7.24. The summed E-state index contributed by atoms with van der Waals surface area (Å²) in [5, 5.41) is 6.77. The third-order valence-corrected chi connectivity index (χ3v) is 7.45. The van der Waals surface area contributed by atoms with Gasteiger partial charge in [0.15, 0.2) is 0 Å². The van der Waals surface area contributed by atoms with Crippen LogP contribution in [0.1, 0.15) is 36.0 Å². The minimum atomic E-state index is -3.11. The van der Waals surface area contributed by atoms with Crippen LogP contribution in [0, 0.1) is 0 Å². The van der Waals surface area contributed by atoms with E-state index in [1.165, 1.54) is 17.6 Å². The minimum Gasteiger partial charge on any atom is -0.381 e. The van der Waals surface area contributed by atoms with Gasteiger partial charge in [0.2, 0.25) is 10.0 Å². The van der Waals surface area contributed by atoms with Gasteiger partial charge in [-0.05, 0) is 37.1 Å². The first kappa shape index (κ1) is 20.7. The van der Waals surface area contributed by atoms with Gasteiger partial charge in [0.25, 0.3) is 5.91 Å². The van der Waals surface area contributed by atoms with Crippen LogP contribution in [0.15, 0.2) is 16.8 Å². The molecule has 3 heterocycles. The zero-order valence-electron chi connectivity index (χ0n) is 15.8. The van der Waals surface area contributed by atoms with Gasteiger partial charge in [-0.15, -0.1) is 0 Å². The Labute approximate surface area is 165 Å². The maximum atomic E-state index is 12.2. The molecular formula is C18H29N3O4S2. The Morgan fingerprint density at radius 2 is 1.93 bits per heavy atom. The van der Waals surface area contributed by atoms with Crippen molar-refractivity contribution in [3.8, 4) is 0 Å². The summed E-state index contributed by atoms with van der Waals surface area (Å²) in [4.78, 5) is 14.7. The smallest absolute Gasteiger partial charge is 0.252 e. The molecule has 9 heteroatoms. The summed E-state index contributed by atoms with van der Waals surface area (Å²) in [6.45, 7) is 4.06. The highest BCUT2D eigenvalue weighted by atomic mass is 32.2. The fourth-order valence-corrected chi connectivity index (χ4v) is 5.49. The summed E-state index contributed by atoms with van der Waals surface area (Å²) in [5.41, 5.74) is 0.707. The molecule has 1 amide bonds. The number of ether oxygens (including phenoxy) is 1. The predicted molar refractivity (Wildman–Crippen MR) is 107 cm³/mol. The lowest BCUT2D eigenvalue weighted by atomic mass is 9.98. The first-order chi connectivity index (χ1) is 12.9. The van der Waals surface area contributed by atoms with Crippen molar-refractivity contribution in [3.63, 3.8) is 0 Å². The zero-order valence-corrected chi connectivity index (χ0v) is 17.4. The molecule has 1 aromatic heterocycles. The van der Waals surface area contributed by atoms with E-state index < -0.39 is 10.0 Å². The molecule has 2 aliphatic heterocycles. The summed E-state index contributed by atoms with van der Waals surface area (Å²) in [5.74, 6) is -0.0323. The lowest BCUT2D eigenvalue weighted by molar-refractivity contribution is 0.00747. The van der Waals surface area contributed by atoms with Crippen molar-refractivity contribution in [3.05, 3.63) is 22.4 Å². The molecule has 0 aromatic carbocycles. The average molecular weight is 416 g/mol. The van der Waals surface area contributed by atoms with Gasteiger partial charge in [-0.3, -0.25) is 9.69 Å². The van der Waals surface area contributed by atoms with Gasteiger partial charge in [-0.2, -0.15) is 11.3 Å². The molecule has 2 saturated heterocycles. The van der Waals surface area contributed by atoms with E-state index in [9.17, 15) is 13.2 Å². The van der Waals surface area contributed by atoms with E-state index in [1.54, 1.807) is 4.31 Å². The van der Waals surface area contributed by atoms with E-state index in [0.717, 1.165) is 45.4 Å². The number of sulfonamides is 1. The number of hydrogen-bond acceptors (Lipinski definition) is 6. The number of amides is 1. The number of hydrogen-bond donors (Lipinski definition) is 1. The molecule has 0 atom stereocenters. The van der Waals surface area contributed by atoms with E-state index >= 15 is 0 Å². The topological polar surface area (TPSA) is 79.0 Å². The molecule has 1 aromatic rings. The van der Waals surface area contributed by atoms with E-state index in [-0.39, 0.29) is 5.91 Å². The Bertz CT molecular complexity index is 694. The quantitative estimate of drug-likeness (QED) is 0.728. The van der Waals surface area contributed by atoms with Crippen LogP contribution in [0.3, 0.4) is 0 Å². The van der Waals surface area contributed by atoms with Gasteiger partial charge in [0.05, 0.1) is 6.26 Å². The van der Waals surface area contributed by atoms with E-state index in [4.69, 9.17) is 4.74 Å². The van der Waals surface area contributed by atoms with Crippen LogP contribution in [0.5, 0.6) is 0 Å². The van der Waals surface area contributed by atoms with Crippen molar-refractivity contribution in [1.82, 2.24) is 14.5 Å². The summed E-state index contributed by atoms with van der Waals surface area (Å²) >= 11 is 1.52. The molecule has 152 valence electrons. The Morgan fingerprint density at radius 3 is 2.52 bits per heavy atom. The Hall–Kier alpha value is -1.00. The molecule has 0 aliphatic carbocycles. The van der Waals surface area contributed by atoms with Gasteiger partial charge < -0.3 is 10.1 Å². The van der Waals surface area contributed by atoms with E-state index in [0.29, 0.717) is 37.3 Å². The number of nitrogens with zero attached hydrogens (tertiary/aromatic N) is 2. The van der Waals surface area contributed by atoms with Crippen LogP contribution in [0.4, 0.5) is 0 Å². The molecule has 0 saturated carbocycles. The number of piperidine rings is 1. The zero-order chi connectivity index (χ0) is 19.3. The largest absolute Gasteiger partial charge is 0.381 e. The highest BCUT2D eigenvalue weighted by Gasteiger charge is 2.32. The standard InChI is InChI=1S/C18H29N3O4S2/c1-27(23,24)20-8-2-16(3-9-20)21(17-4-11-25-12-5-17)10-7-19-18(22)15-6-13-26-14-15/h6,13-14,16-17H,2-5,7-12H2,1H3,(H,19,22). The maximum Gasteiger partial charge on any atom is 0.252 e. The van der Waals surface area contributed by atoms with Crippen LogP contribution in [0.25, 0.3) is 0 Å². The van der Waals surface area contributed by atoms with Gasteiger partial charge >= 0.3 is 0 Å². The number of rotatable bonds is 7. The number of nitrogens with one attached hydrogen (secondary N) is 1. The lowest BCUT2D eigenvalue weighted by Gasteiger charge is -2.43. The van der Waals surface area contributed by atoms with Crippen molar-refractivity contribution in [2.45, 2.75) is 37.8 Å². The van der Waals surface area contributed by atoms with Crippen LogP contribution in [-0.4, -0.2) is 81.3 Å². The van der Waals surface area contributed by atoms with E-state index in [1.807, 2.05) is 16.8 Å². The monoisotopic (exact) mass is 415 g/mol. The molecule has 27 heavy (non-hydrogen) atoms. The summed E-state index contributed by atoms with van der Waals surface area (Å²) in [6, 6.07) is 2.62. The van der Waals surface area contributed by atoms with Crippen molar-refractivity contribution >= 4 is 27.3 Å². The fraction of sp³-hybridized carbons (Fsp3) is 0.722. The second-order valence-corrected chi connectivity index (χ2v) is 10.0. The fourth-order valence-electron chi connectivity index (χ4n) is 3.98. The number of carbonyl (C=O) groups excluding carboxylic acids is 1. The SMILES string of the molecule is CS(=O)(=O)N1CCC(N(CCNC(=O)c2ccsc2)C2CCOCC2)CC1. The van der Waals surface area contributed by atoms with Gasteiger partial charge in [0, 0.05) is 62.4 Å². The molecular weight excluding hydrogens is 386 g/mol. The van der Waals surface area contributed by atoms with Crippen LogP contribution in [-0.2, 0) is 14.8 Å². The summed E-state index contributed by atoms with van der Waals surface area (Å²) in [7, 11) is -3.11. The Balaban J connectivity index is 1.57. The van der Waals surface area contributed by atoms with Crippen molar-refractivity contribution < 1.29 is 17.9 Å². The highest BCUT2D eigenvalue weighted by molar-refractivity contribution is 7.88. The minimum absolute atomic E-state index is 0.0323. The molecule has 3 rings (SSSR count). The van der Waals surface area contributed by atoms with Crippen LogP contribution in [0.2, 0.25) is 0 Å². The van der Waals surface area contributed by atoms with Crippen molar-refractivity contribution in [2.75, 3.05) is 45.6 Å². The van der Waals surface area contributed by atoms with Crippen molar-refractivity contribution in [1.29, 1.82) is 0 Å². The van der Waals surface area contributed by atoms with Crippen LogP contribution >= 0.6 is 11.3 Å². The maximum absolute atomic E-state index is 12.2. The number of thiophene rings is 1. The Morgan fingerprint density at radius 1 is 1.26 bits per heavy atom. The van der Waals surface area contributed by atoms with Gasteiger partial charge in [-0.25, -0.2) is 12.7 Å². The van der Waals surface area contributed by atoms with E-state index in [2.05, 4.69) is 10.2 Å². The average Bonchev–Trinajstić information content (AvgIpc) is 3.20. The summed E-state index contributed by atoms with van der Waals surface area (Å²) in [6.07, 6.45) is 4.94. The molecule has 0 unspecified atom stereocenters. The van der Waals surface area contributed by atoms with Gasteiger partial charge in [-0.1, -0.05) is 0 Å². The van der Waals surface area contributed by atoms with Crippen molar-refractivity contribution in [2.24, 2.45) is 0 Å². The third kappa shape index (κ3) is 5.74. The molecule has 7 nitrogen and oxygen atoms in total. The molecule has 0 spiro atoms. The number of carbonyl (C=O) groups is 1. The molecule has 0 radical (unpaired) electrons. The molecule has 2 aliphatic rings.